The van der Waals surface area contributed by atoms with Gasteiger partial charge in [-0.25, -0.2) is 0 Å². The molecule has 1 N–H and O–H groups in total. The minimum atomic E-state index is 0.256. The Hall–Kier alpha value is -0.120. The highest BCUT2D eigenvalue weighted by Gasteiger charge is 2.41. The molecule has 0 spiro atoms. The lowest BCUT2D eigenvalue weighted by Gasteiger charge is -2.43. The molecule has 3 nitrogen and oxygen atoms in total. The van der Waals surface area contributed by atoms with E-state index in [1.807, 2.05) is 6.92 Å². The van der Waals surface area contributed by atoms with E-state index in [4.69, 9.17) is 9.47 Å². The zero-order chi connectivity index (χ0) is 11.1. The number of rotatable bonds is 8. The first kappa shape index (κ1) is 12.9. The molecule has 1 aliphatic rings. The van der Waals surface area contributed by atoms with E-state index in [0.717, 1.165) is 19.6 Å². The van der Waals surface area contributed by atoms with Gasteiger partial charge < -0.3 is 14.8 Å². The van der Waals surface area contributed by atoms with Gasteiger partial charge in [-0.3, -0.25) is 0 Å². The highest BCUT2D eigenvalue weighted by atomic mass is 16.5. The maximum atomic E-state index is 5.57. The van der Waals surface area contributed by atoms with Crippen molar-refractivity contribution in [3.8, 4) is 0 Å². The Morgan fingerprint density at radius 2 is 2.07 bits per heavy atom. The number of hydrogen-bond donors (Lipinski definition) is 1. The average molecular weight is 215 g/mol. The third-order valence-electron chi connectivity index (χ3n) is 3.09. The van der Waals surface area contributed by atoms with Crippen LogP contribution in [0.25, 0.3) is 0 Å². The molecule has 0 aliphatic heterocycles. The molecule has 3 atom stereocenters. The first-order valence-electron chi connectivity index (χ1n) is 6.21. The molecule has 1 fully saturated rings. The summed E-state index contributed by atoms with van der Waals surface area (Å²) in [7, 11) is 1.77. The number of ether oxygens (including phenoxy) is 2. The summed E-state index contributed by atoms with van der Waals surface area (Å²) >= 11 is 0. The van der Waals surface area contributed by atoms with E-state index in [2.05, 4.69) is 12.2 Å². The lowest BCUT2D eigenvalue weighted by atomic mass is 9.85. The first-order valence-corrected chi connectivity index (χ1v) is 6.21. The van der Waals surface area contributed by atoms with Crippen LogP contribution in [0, 0.1) is 0 Å². The molecule has 0 aromatic carbocycles. The smallest absolute Gasteiger partial charge is 0.0986 e. The number of methoxy groups -OCH3 is 1. The Balaban J connectivity index is 2.10. The van der Waals surface area contributed by atoms with Gasteiger partial charge in [-0.2, -0.15) is 0 Å². The molecule has 0 bridgehead atoms. The topological polar surface area (TPSA) is 30.5 Å². The largest absolute Gasteiger partial charge is 0.377 e. The molecule has 3 heteroatoms. The molecule has 1 saturated carbocycles. The van der Waals surface area contributed by atoms with Crippen molar-refractivity contribution in [2.24, 2.45) is 0 Å². The van der Waals surface area contributed by atoms with Crippen LogP contribution in [0.2, 0.25) is 0 Å². The number of nitrogens with one attached hydrogen (secondary N) is 1. The van der Waals surface area contributed by atoms with Crippen molar-refractivity contribution in [3.05, 3.63) is 0 Å². The summed E-state index contributed by atoms with van der Waals surface area (Å²) in [6.07, 6.45) is 5.52. The second-order valence-corrected chi connectivity index (χ2v) is 4.20. The SMILES string of the molecule is CCCCCNC1CC(OCC)C1OC. The lowest BCUT2D eigenvalue weighted by molar-refractivity contribution is -0.131. The number of hydrogen-bond acceptors (Lipinski definition) is 3. The highest BCUT2D eigenvalue weighted by Crippen LogP contribution is 2.26. The second kappa shape index (κ2) is 7.20. The van der Waals surface area contributed by atoms with Crippen LogP contribution in [-0.4, -0.2) is 38.5 Å². The highest BCUT2D eigenvalue weighted by molar-refractivity contribution is 4.96. The third kappa shape index (κ3) is 3.74. The van der Waals surface area contributed by atoms with Crippen LogP contribution in [0.3, 0.4) is 0 Å². The average Bonchev–Trinajstić information content (AvgIpc) is 2.21. The molecule has 0 aromatic heterocycles. The Kier molecular flexibility index (Phi) is 6.22. The predicted molar refractivity (Wildman–Crippen MR) is 62.1 cm³/mol. The fourth-order valence-corrected chi connectivity index (χ4v) is 2.14. The maximum absolute atomic E-state index is 5.57. The Labute approximate surface area is 93.5 Å². The van der Waals surface area contributed by atoms with Crippen molar-refractivity contribution < 1.29 is 9.47 Å². The van der Waals surface area contributed by atoms with Gasteiger partial charge in [0.2, 0.25) is 0 Å². The van der Waals surface area contributed by atoms with E-state index < -0.39 is 0 Å². The minimum Gasteiger partial charge on any atom is -0.377 e. The third-order valence-corrected chi connectivity index (χ3v) is 3.09. The van der Waals surface area contributed by atoms with Crippen LogP contribution in [0.1, 0.15) is 39.5 Å². The van der Waals surface area contributed by atoms with Gasteiger partial charge in [0.15, 0.2) is 0 Å². The van der Waals surface area contributed by atoms with E-state index in [0.29, 0.717) is 12.1 Å². The summed E-state index contributed by atoms with van der Waals surface area (Å²) in [4.78, 5) is 0. The minimum absolute atomic E-state index is 0.256. The Morgan fingerprint density at radius 1 is 1.27 bits per heavy atom. The van der Waals surface area contributed by atoms with Gasteiger partial charge in [0, 0.05) is 19.8 Å². The van der Waals surface area contributed by atoms with Crippen LogP contribution in [0.15, 0.2) is 0 Å². The molecule has 0 amide bonds. The van der Waals surface area contributed by atoms with E-state index in [1.165, 1.54) is 19.3 Å². The summed E-state index contributed by atoms with van der Waals surface area (Å²) in [5.41, 5.74) is 0. The van der Waals surface area contributed by atoms with Gasteiger partial charge in [0.1, 0.15) is 0 Å². The van der Waals surface area contributed by atoms with E-state index in [9.17, 15) is 0 Å². The van der Waals surface area contributed by atoms with Gasteiger partial charge in [0.25, 0.3) is 0 Å². The molecule has 1 rings (SSSR count). The van der Waals surface area contributed by atoms with E-state index in [-0.39, 0.29) is 6.10 Å². The van der Waals surface area contributed by atoms with Crippen molar-refractivity contribution >= 4 is 0 Å². The zero-order valence-corrected chi connectivity index (χ0v) is 10.3. The summed E-state index contributed by atoms with van der Waals surface area (Å²) in [6, 6.07) is 0.503. The van der Waals surface area contributed by atoms with Gasteiger partial charge in [-0.05, 0) is 26.3 Å². The van der Waals surface area contributed by atoms with Crippen molar-refractivity contribution in [2.75, 3.05) is 20.3 Å². The van der Waals surface area contributed by atoms with Crippen LogP contribution in [0.4, 0.5) is 0 Å². The second-order valence-electron chi connectivity index (χ2n) is 4.20. The molecule has 1 aliphatic carbocycles. The molecule has 3 unspecified atom stereocenters. The van der Waals surface area contributed by atoms with Crippen LogP contribution in [-0.2, 0) is 9.47 Å². The Bertz CT molecular complexity index is 164. The van der Waals surface area contributed by atoms with E-state index in [1.54, 1.807) is 7.11 Å². The molecule has 0 heterocycles. The Morgan fingerprint density at radius 3 is 2.67 bits per heavy atom. The monoisotopic (exact) mass is 215 g/mol. The molecule has 0 saturated heterocycles. The lowest BCUT2D eigenvalue weighted by Crippen LogP contribution is -2.59. The van der Waals surface area contributed by atoms with Gasteiger partial charge in [0.05, 0.1) is 12.2 Å². The molecule has 15 heavy (non-hydrogen) atoms. The summed E-state index contributed by atoms with van der Waals surface area (Å²) in [5.74, 6) is 0. The molecule has 90 valence electrons. The predicted octanol–water partition coefficient (Wildman–Crippen LogP) is 1.96. The standard InChI is InChI=1S/C12H25NO2/c1-4-6-7-8-13-10-9-11(15-5-2)12(10)14-3/h10-13H,4-9H2,1-3H3. The zero-order valence-electron chi connectivity index (χ0n) is 10.3. The fraction of sp³-hybridized carbons (Fsp3) is 1.00. The van der Waals surface area contributed by atoms with E-state index >= 15 is 0 Å². The van der Waals surface area contributed by atoms with Crippen LogP contribution < -0.4 is 5.32 Å². The molecule has 0 radical (unpaired) electrons. The van der Waals surface area contributed by atoms with Crippen LogP contribution >= 0.6 is 0 Å². The molecule has 0 aromatic rings. The molecular formula is C12H25NO2. The van der Waals surface area contributed by atoms with Crippen molar-refractivity contribution in [2.45, 2.75) is 57.8 Å². The van der Waals surface area contributed by atoms with Gasteiger partial charge in [-0.1, -0.05) is 19.8 Å². The maximum Gasteiger partial charge on any atom is 0.0986 e. The summed E-state index contributed by atoms with van der Waals surface area (Å²) in [5, 5.41) is 3.54. The van der Waals surface area contributed by atoms with Crippen molar-refractivity contribution in [1.29, 1.82) is 0 Å². The van der Waals surface area contributed by atoms with Crippen molar-refractivity contribution in [3.63, 3.8) is 0 Å². The van der Waals surface area contributed by atoms with Crippen LogP contribution in [0.5, 0.6) is 0 Å². The number of unbranched alkanes of at least 4 members (excludes halogenated alkanes) is 2. The summed E-state index contributed by atoms with van der Waals surface area (Å²) in [6.45, 7) is 6.16. The fourth-order valence-electron chi connectivity index (χ4n) is 2.14. The first-order chi connectivity index (χ1) is 7.33. The summed E-state index contributed by atoms with van der Waals surface area (Å²) < 4.78 is 11.0. The normalized spacial score (nSPS) is 30.2. The van der Waals surface area contributed by atoms with Gasteiger partial charge >= 0.3 is 0 Å². The quantitative estimate of drug-likeness (QED) is 0.628. The van der Waals surface area contributed by atoms with Crippen molar-refractivity contribution in [1.82, 2.24) is 5.32 Å². The van der Waals surface area contributed by atoms with Gasteiger partial charge in [-0.15, -0.1) is 0 Å². The molecular weight excluding hydrogens is 190 g/mol.